The average molecular weight is 461 g/mol. The predicted octanol–water partition coefficient (Wildman–Crippen LogP) is 3.24. The summed E-state index contributed by atoms with van der Waals surface area (Å²) in [5.74, 6) is 0.788. The number of aliphatic hydroxyl groups is 1. The first-order valence-electron chi connectivity index (χ1n) is 10.7. The van der Waals surface area contributed by atoms with E-state index in [9.17, 15) is 9.50 Å². The number of aromatic nitrogens is 4. The largest absolute Gasteiger partial charge is 0.391 e. The number of benzene rings is 1. The van der Waals surface area contributed by atoms with Gasteiger partial charge in [0.1, 0.15) is 11.5 Å². The van der Waals surface area contributed by atoms with Crippen molar-refractivity contribution in [3.63, 3.8) is 0 Å². The van der Waals surface area contributed by atoms with Crippen LogP contribution >= 0.6 is 12.4 Å². The summed E-state index contributed by atoms with van der Waals surface area (Å²) in [6.07, 6.45) is 6.89. The zero-order valence-electron chi connectivity index (χ0n) is 18.4. The van der Waals surface area contributed by atoms with Gasteiger partial charge in [-0.25, -0.2) is 9.37 Å². The van der Waals surface area contributed by atoms with Crippen LogP contribution in [0.5, 0.6) is 0 Å². The Balaban J connectivity index is 0.00000289. The predicted molar refractivity (Wildman–Crippen MR) is 125 cm³/mol. The van der Waals surface area contributed by atoms with E-state index in [0.29, 0.717) is 6.54 Å². The molecule has 1 saturated heterocycles. The Hall–Kier alpha value is -2.55. The van der Waals surface area contributed by atoms with Gasteiger partial charge in [0.25, 0.3) is 0 Å². The lowest BCUT2D eigenvalue weighted by Crippen LogP contribution is -2.46. The van der Waals surface area contributed by atoms with Gasteiger partial charge in [-0.05, 0) is 30.2 Å². The van der Waals surface area contributed by atoms with Crippen LogP contribution in [0.15, 0.2) is 49.1 Å². The maximum Gasteiger partial charge on any atom is 0.155 e. The molecule has 1 unspecified atom stereocenters. The van der Waals surface area contributed by atoms with E-state index in [1.807, 2.05) is 30.9 Å². The molecule has 4 rings (SSSR count). The van der Waals surface area contributed by atoms with Crippen LogP contribution in [0.4, 0.5) is 10.2 Å². The van der Waals surface area contributed by atoms with Gasteiger partial charge >= 0.3 is 0 Å². The van der Waals surface area contributed by atoms with E-state index in [2.05, 4.69) is 24.9 Å². The van der Waals surface area contributed by atoms with Crippen LogP contribution in [0.1, 0.15) is 19.4 Å². The van der Waals surface area contributed by atoms with Crippen molar-refractivity contribution >= 4 is 18.2 Å². The van der Waals surface area contributed by atoms with Crippen molar-refractivity contribution in [1.29, 1.82) is 0 Å². The molecule has 0 aliphatic carbocycles. The van der Waals surface area contributed by atoms with E-state index in [1.165, 1.54) is 12.1 Å². The van der Waals surface area contributed by atoms with Crippen molar-refractivity contribution in [2.45, 2.75) is 33.0 Å². The highest BCUT2D eigenvalue weighted by Gasteiger charge is 2.22. The van der Waals surface area contributed by atoms with Crippen molar-refractivity contribution in [2.24, 2.45) is 5.92 Å². The van der Waals surface area contributed by atoms with Crippen molar-refractivity contribution in [3.05, 3.63) is 60.4 Å². The molecule has 0 spiro atoms. The van der Waals surface area contributed by atoms with Crippen LogP contribution in [-0.2, 0) is 13.1 Å². The molecule has 1 aromatic carbocycles. The van der Waals surface area contributed by atoms with Crippen molar-refractivity contribution < 1.29 is 9.50 Å². The summed E-state index contributed by atoms with van der Waals surface area (Å²) in [5, 5.41) is 14.5. The molecule has 172 valence electrons. The van der Waals surface area contributed by atoms with Crippen LogP contribution < -0.4 is 4.90 Å². The molecule has 0 amide bonds. The fourth-order valence-electron chi connectivity index (χ4n) is 3.74. The molecule has 0 saturated carbocycles. The maximum atomic E-state index is 13.3. The lowest BCUT2D eigenvalue weighted by atomic mass is 10.1. The van der Waals surface area contributed by atoms with Crippen molar-refractivity contribution in [3.8, 4) is 11.3 Å². The Kier molecular flexibility index (Phi) is 8.17. The maximum absolute atomic E-state index is 13.3. The second-order valence-electron chi connectivity index (χ2n) is 8.38. The standard InChI is InChI=1S/C23H29FN6O.ClH/c1-17(2)21(31)16-30-15-18(13-27-30)14-28-9-11-29(12-10-28)23-22(25-7-8-26-23)19-3-5-20(24)6-4-19;/h3-8,13,15,17,21,31H,9-12,14,16H2,1-2H3;1H. The molecule has 1 aliphatic rings. The molecule has 0 bridgehead atoms. The topological polar surface area (TPSA) is 70.3 Å². The van der Waals surface area contributed by atoms with E-state index >= 15 is 0 Å². The first-order chi connectivity index (χ1) is 15.0. The lowest BCUT2D eigenvalue weighted by molar-refractivity contribution is 0.103. The zero-order chi connectivity index (χ0) is 21.8. The first kappa shape index (κ1) is 24.1. The molecule has 0 radical (unpaired) electrons. The molecule has 3 heterocycles. The Morgan fingerprint density at radius 1 is 1.03 bits per heavy atom. The molecule has 32 heavy (non-hydrogen) atoms. The molecular weight excluding hydrogens is 431 g/mol. The molecule has 3 aromatic rings. The van der Waals surface area contributed by atoms with E-state index in [-0.39, 0.29) is 24.1 Å². The quantitative estimate of drug-likeness (QED) is 0.583. The summed E-state index contributed by atoms with van der Waals surface area (Å²) in [7, 11) is 0. The SMILES string of the molecule is CC(C)C(O)Cn1cc(CN2CCN(c3nccnc3-c3ccc(F)cc3)CC2)cn1.Cl. The van der Waals surface area contributed by atoms with Crippen LogP contribution in [0.25, 0.3) is 11.3 Å². The number of piperazine rings is 1. The third kappa shape index (κ3) is 5.82. The lowest BCUT2D eigenvalue weighted by Gasteiger charge is -2.35. The highest BCUT2D eigenvalue weighted by Crippen LogP contribution is 2.27. The van der Waals surface area contributed by atoms with Crippen molar-refractivity contribution in [1.82, 2.24) is 24.6 Å². The molecular formula is C23H30ClFN6O. The Morgan fingerprint density at radius 2 is 1.72 bits per heavy atom. The average Bonchev–Trinajstić information content (AvgIpc) is 3.21. The number of nitrogens with zero attached hydrogens (tertiary/aromatic N) is 6. The molecule has 9 heteroatoms. The van der Waals surface area contributed by atoms with Gasteiger partial charge in [0.15, 0.2) is 5.82 Å². The van der Waals surface area contributed by atoms with Gasteiger partial charge in [-0.3, -0.25) is 14.6 Å². The van der Waals surface area contributed by atoms with Gasteiger partial charge in [-0.15, -0.1) is 12.4 Å². The smallest absolute Gasteiger partial charge is 0.155 e. The summed E-state index contributed by atoms with van der Waals surface area (Å²) < 4.78 is 15.1. The Morgan fingerprint density at radius 3 is 2.41 bits per heavy atom. The number of aliphatic hydroxyl groups excluding tert-OH is 1. The zero-order valence-corrected chi connectivity index (χ0v) is 19.2. The van der Waals surface area contributed by atoms with Crippen LogP contribution in [0.2, 0.25) is 0 Å². The van der Waals surface area contributed by atoms with Crippen LogP contribution in [0.3, 0.4) is 0 Å². The third-order valence-corrected chi connectivity index (χ3v) is 5.70. The first-order valence-corrected chi connectivity index (χ1v) is 10.7. The fourth-order valence-corrected chi connectivity index (χ4v) is 3.74. The molecule has 1 N–H and O–H groups in total. The van der Waals surface area contributed by atoms with Crippen LogP contribution in [0, 0.1) is 11.7 Å². The van der Waals surface area contributed by atoms with Gasteiger partial charge in [-0.2, -0.15) is 5.10 Å². The van der Waals surface area contributed by atoms with Gasteiger partial charge in [0, 0.05) is 62.4 Å². The Labute approximate surface area is 194 Å². The van der Waals surface area contributed by atoms with E-state index < -0.39 is 6.10 Å². The van der Waals surface area contributed by atoms with Gasteiger partial charge in [-0.1, -0.05) is 13.8 Å². The van der Waals surface area contributed by atoms with E-state index in [0.717, 1.165) is 55.4 Å². The third-order valence-electron chi connectivity index (χ3n) is 5.70. The summed E-state index contributed by atoms with van der Waals surface area (Å²) in [4.78, 5) is 13.7. The molecule has 1 aliphatic heterocycles. The fraction of sp³-hybridized carbons (Fsp3) is 0.435. The Bertz CT molecular complexity index is 988. The second kappa shape index (κ2) is 10.8. The number of hydrogen-bond acceptors (Lipinski definition) is 6. The summed E-state index contributed by atoms with van der Waals surface area (Å²) in [6, 6.07) is 6.39. The normalized spacial score (nSPS) is 15.6. The minimum atomic E-state index is -0.390. The second-order valence-corrected chi connectivity index (χ2v) is 8.38. The van der Waals surface area contributed by atoms with Gasteiger partial charge in [0.05, 0.1) is 18.8 Å². The van der Waals surface area contributed by atoms with Gasteiger partial charge < -0.3 is 10.0 Å². The summed E-state index contributed by atoms with van der Waals surface area (Å²) >= 11 is 0. The minimum absolute atomic E-state index is 0. The minimum Gasteiger partial charge on any atom is -0.391 e. The molecule has 2 aromatic heterocycles. The molecule has 7 nitrogen and oxygen atoms in total. The molecule has 1 fully saturated rings. The number of halogens is 2. The molecule has 1 atom stereocenters. The van der Waals surface area contributed by atoms with Crippen molar-refractivity contribution in [2.75, 3.05) is 31.1 Å². The van der Waals surface area contributed by atoms with Gasteiger partial charge in [0.2, 0.25) is 0 Å². The van der Waals surface area contributed by atoms with E-state index in [4.69, 9.17) is 0 Å². The summed E-state index contributed by atoms with van der Waals surface area (Å²) in [5.41, 5.74) is 2.79. The number of hydrogen-bond donors (Lipinski definition) is 1. The number of rotatable bonds is 7. The monoisotopic (exact) mass is 460 g/mol. The number of anilines is 1. The highest BCUT2D eigenvalue weighted by atomic mass is 35.5. The summed E-state index contributed by atoms with van der Waals surface area (Å²) in [6.45, 7) is 8.85. The highest BCUT2D eigenvalue weighted by molar-refractivity contribution is 5.85. The van der Waals surface area contributed by atoms with E-state index in [1.54, 1.807) is 24.5 Å². The van der Waals surface area contributed by atoms with Crippen LogP contribution in [-0.4, -0.2) is 62.0 Å².